The van der Waals surface area contributed by atoms with Crippen LogP contribution >= 0.6 is 0 Å². The lowest BCUT2D eigenvalue weighted by Crippen LogP contribution is -2.27. The fourth-order valence-electron chi connectivity index (χ4n) is 3.12. The van der Waals surface area contributed by atoms with Gasteiger partial charge in [0.05, 0.1) is 16.6 Å². The highest BCUT2D eigenvalue weighted by Gasteiger charge is 2.36. The Hall–Kier alpha value is -3.96. The van der Waals surface area contributed by atoms with Crippen molar-refractivity contribution in [1.82, 2.24) is 25.1 Å². The molecule has 0 saturated heterocycles. The first kappa shape index (κ1) is 22.2. The van der Waals surface area contributed by atoms with E-state index in [-0.39, 0.29) is 23.3 Å². The number of nitrogens with one attached hydrogen (secondary N) is 1. The summed E-state index contributed by atoms with van der Waals surface area (Å²) in [5, 5.41) is 7.07. The average Bonchev–Trinajstić information content (AvgIpc) is 3.26. The van der Waals surface area contributed by atoms with E-state index >= 15 is 0 Å². The maximum Gasteiger partial charge on any atom is 0.416 e. The van der Waals surface area contributed by atoms with Gasteiger partial charge in [-0.05, 0) is 42.0 Å². The van der Waals surface area contributed by atoms with Gasteiger partial charge in [0.15, 0.2) is 5.82 Å². The minimum atomic E-state index is -4.98. The smallest absolute Gasteiger partial charge is 0.345 e. The summed E-state index contributed by atoms with van der Waals surface area (Å²) in [5.41, 5.74) is -2.68. The minimum absolute atomic E-state index is 0.0212. The van der Waals surface area contributed by atoms with E-state index in [0.717, 1.165) is 16.4 Å². The molecule has 4 rings (SSSR count). The molecule has 2 aromatic carbocycles. The second-order valence-electron chi connectivity index (χ2n) is 6.95. The van der Waals surface area contributed by atoms with Crippen LogP contribution in [-0.4, -0.2) is 25.7 Å². The summed E-state index contributed by atoms with van der Waals surface area (Å²) in [6, 6.07) is 11.7. The second kappa shape index (κ2) is 8.19. The molecule has 4 aromatic rings. The Balaban J connectivity index is 1.59. The molecular weight excluding hydrogens is 452 g/mol. The molecular formula is C21H13F6N5O. The number of rotatable bonds is 4. The van der Waals surface area contributed by atoms with E-state index in [2.05, 4.69) is 20.4 Å². The van der Waals surface area contributed by atoms with Gasteiger partial charge in [-0.1, -0.05) is 18.2 Å². The number of para-hydroxylation sites is 1. The lowest BCUT2D eigenvalue weighted by molar-refractivity contribution is -0.143. The number of fused-ring (bicyclic) bond motifs is 1. The van der Waals surface area contributed by atoms with Crippen LogP contribution in [0.1, 0.15) is 27.3 Å². The van der Waals surface area contributed by atoms with E-state index in [4.69, 9.17) is 0 Å². The van der Waals surface area contributed by atoms with E-state index < -0.39 is 35.9 Å². The van der Waals surface area contributed by atoms with Crippen molar-refractivity contribution in [3.05, 3.63) is 83.4 Å². The molecule has 0 aliphatic rings. The first-order chi connectivity index (χ1) is 15.5. The molecule has 33 heavy (non-hydrogen) atoms. The molecule has 1 N–H and O–H groups in total. The largest absolute Gasteiger partial charge is 0.416 e. The van der Waals surface area contributed by atoms with Gasteiger partial charge in [0.25, 0.3) is 5.91 Å². The Morgan fingerprint density at radius 3 is 2.24 bits per heavy atom. The predicted molar refractivity (Wildman–Crippen MR) is 104 cm³/mol. The van der Waals surface area contributed by atoms with Crippen molar-refractivity contribution in [2.75, 3.05) is 0 Å². The van der Waals surface area contributed by atoms with Gasteiger partial charge in [-0.3, -0.25) is 4.79 Å². The molecule has 0 atom stereocenters. The highest BCUT2D eigenvalue weighted by atomic mass is 19.4. The SMILES string of the molecule is O=C(NCc1cc(C(F)(F)F)cc(C(F)(F)F)c1)c1ncnn1-c1ccc2ccccc2n1. The van der Waals surface area contributed by atoms with Crippen LogP contribution in [-0.2, 0) is 18.9 Å². The first-order valence-corrected chi connectivity index (χ1v) is 9.35. The number of alkyl halides is 6. The summed E-state index contributed by atoms with van der Waals surface area (Å²) < 4.78 is 79.3. The molecule has 0 aliphatic heterocycles. The fraction of sp³-hybridized carbons (Fsp3) is 0.143. The summed E-state index contributed by atoms with van der Waals surface area (Å²) in [4.78, 5) is 20.8. The summed E-state index contributed by atoms with van der Waals surface area (Å²) in [6.45, 7) is -0.593. The zero-order chi connectivity index (χ0) is 23.8. The molecule has 12 heteroatoms. The van der Waals surface area contributed by atoms with Crippen molar-refractivity contribution in [2.45, 2.75) is 18.9 Å². The lowest BCUT2D eigenvalue weighted by Gasteiger charge is -2.14. The highest BCUT2D eigenvalue weighted by molar-refractivity contribution is 5.91. The van der Waals surface area contributed by atoms with Crippen molar-refractivity contribution in [1.29, 1.82) is 0 Å². The van der Waals surface area contributed by atoms with Crippen molar-refractivity contribution in [2.24, 2.45) is 0 Å². The molecule has 0 saturated carbocycles. The molecule has 170 valence electrons. The standard InChI is InChI=1S/C21H13F6N5O/c22-20(23,24)14-7-12(8-15(9-14)21(25,26)27)10-28-19(33)18-29-11-30-32(18)17-6-5-13-3-1-2-4-16(13)31-17/h1-9,11H,10H2,(H,28,33). The number of carbonyl (C=O) groups is 1. The maximum absolute atomic E-state index is 13.0. The number of amides is 1. The highest BCUT2D eigenvalue weighted by Crippen LogP contribution is 2.36. The molecule has 6 nitrogen and oxygen atoms in total. The van der Waals surface area contributed by atoms with Crippen LogP contribution in [0.2, 0.25) is 0 Å². The first-order valence-electron chi connectivity index (χ1n) is 9.35. The fourth-order valence-corrected chi connectivity index (χ4v) is 3.12. The number of hydrogen-bond donors (Lipinski definition) is 1. The number of nitrogens with zero attached hydrogens (tertiary/aromatic N) is 4. The number of halogens is 6. The van der Waals surface area contributed by atoms with Gasteiger partial charge in [-0.2, -0.15) is 36.1 Å². The van der Waals surface area contributed by atoms with Gasteiger partial charge in [0.2, 0.25) is 5.82 Å². The quantitative estimate of drug-likeness (QED) is 0.441. The summed E-state index contributed by atoms with van der Waals surface area (Å²) in [6.07, 6.45) is -8.89. The monoisotopic (exact) mass is 465 g/mol. The molecule has 0 spiro atoms. The number of hydrogen-bond acceptors (Lipinski definition) is 4. The van der Waals surface area contributed by atoms with Gasteiger partial charge in [0.1, 0.15) is 6.33 Å². The van der Waals surface area contributed by atoms with Crippen LogP contribution in [0.5, 0.6) is 0 Å². The molecule has 1 amide bonds. The van der Waals surface area contributed by atoms with E-state index in [9.17, 15) is 31.1 Å². The van der Waals surface area contributed by atoms with Crippen LogP contribution < -0.4 is 5.32 Å². The van der Waals surface area contributed by atoms with E-state index in [1.807, 2.05) is 12.1 Å². The Kier molecular flexibility index (Phi) is 5.52. The summed E-state index contributed by atoms with van der Waals surface area (Å²) >= 11 is 0. The zero-order valence-corrected chi connectivity index (χ0v) is 16.4. The maximum atomic E-state index is 13.0. The number of benzene rings is 2. The summed E-state index contributed by atoms with van der Waals surface area (Å²) in [5.74, 6) is -0.830. The van der Waals surface area contributed by atoms with Gasteiger partial charge in [0, 0.05) is 11.9 Å². The Morgan fingerprint density at radius 1 is 0.909 bits per heavy atom. The second-order valence-corrected chi connectivity index (χ2v) is 6.95. The summed E-state index contributed by atoms with van der Waals surface area (Å²) in [7, 11) is 0. The van der Waals surface area contributed by atoms with Crippen molar-refractivity contribution in [3.8, 4) is 5.82 Å². The third-order valence-electron chi connectivity index (χ3n) is 4.65. The predicted octanol–water partition coefficient (Wildman–Crippen LogP) is 4.78. The van der Waals surface area contributed by atoms with Gasteiger partial charge in [-0.15, -0.1) is 0 Å². The number of carbonyl (C=O) groups excluding carboxylic acids is 1. The molecule has 0 bridgehead atoms. The molecule has 2 aromatic heterocycles. The van der Waals surface area contributed by atoms with Crippen LogP contribution in [0.15, 0.2) is 60.9 Å². The number of aromatic nitrogens is 4. The molecule has 0 unspecified atom stereocenters. The minimum Gasteiger partial charge on any atom is -0.345 e. The Labute approximate surface area is 181 Å². The van der Waals surface area contributed by atoms with Gasteiger partial charge in [-0.25, -0.2) is 9.97 Å². The number of pyridine rings is 1. The van der Waals surface area contributed by atoms with Crippen molar-refractivity contribution < 1.29 is 31.1 Å². The Morgan fingerprint density at radius 2 is 1.58 bits per heavy atom. The van der Waals surface area contributed by atoms with Crippen molar-refractivity contribution >= 4 is 16.8 Å². The van der Waals surface area contributed by atoms with E-state index in [1.54, 1.807) is 24.3 Å². The van der Waals surface area contributed by atoms with Crippen LogP contribution in [0.25, 0.3) is 16.7 Å². The molecule has 0 fully saturated rings. The molecule has 0 aliphatic carbocycles. The van der Waals surface area contributed by atoms with Gasteiger partial charge >= 0.3 is 12.4 Å². The van der Waals surface area contributed by atoms with Crippen molar-refractivity contribution in [3.63, 3.8) is 0 Å². The zero-order valence-electron chi connectivity index (χ0n) is 16.4. The van der Waals surface area contributed by atoms with Crippen LogP contribution in [0.3, 0.4) is 0 Å². The third kappa shape index (κ3) is 4.78. The lowest BCUT2D eigenvalue weighted by atomic mass is 10.0. The van der Waals surface area contributed by atoms with E-state index in [0.29, 0.717) is 17.6 Å². The topological polar surface area (TPSA) is 72.7 Å². The van der Waals surface area contributed by atoms with Crippen LogP contribution in [0.4, 0.5) is 26.3 Å². The molecule has 0 radical (unpaired) electrons. The Bertz CT molecular complexity index is 1300. The third-order valence-corrected chi connectivity index (χ3v) is 4.65. The van der Waals surface area contributed by atoms with Crippen LogP contribution in [0, 0.1) is 0 Å². The van der Waals surface area contributed by atoms with E-state index in [1.165, 1.54) is 0 Å². The normalized spacial score (nSPS) is 12.2. The molecule has 2 heterocycles. The average molecular weight is 465 g/mol. The van der Waals surface area contributed by atoms with Gasteiger partial charge < -0.3 is 5.32 Å².